The van der Waals surface area contributed by atoms with Crippen molar-refractivity contribution in [2.24, 2.45) is 5.92 Å². The Kier molecular flexibility index (Phi) is 5.73. The molecular formula is C17H26N4O3S. The van der Waals surface area contributed by atoms with Gasteiger partial charge in [0.2, 0.25) is 5.91 Å². The fourth-order valence-electron chi connectivity index (χ4n) is 3.42. The summed E-state index contributed by atoms with van der Waals surface area (Å²) in [6.45, 7) is 3.92. The molecule has 0 radical (unpaired) electrons. The number of rotatable bonds is 5. The van der Waals surface area contributed by atoms with Gasteiger partial charge in [-0.3, -0.25) is 15.1 Å². The molecule has 0 aromatic heterocycles. The lowest BCUT2D eigenvalue weighted by Gasteiger charge is -2.36. The summed E-state index contributed by atoms with van der Waals surface area (Å²) in [6, 6.07) is 9.99. The van der Waals surface area contributed by atoms with Crippen molar-refractivity contribution in [3.63, 3.8) is 0 Å². The Balaban J connectivity index is 1.55. The number of carbonyl (C=O) groups is 1. The maximum absolute atomic E-state index is 12.9. The van der Waals surface area contributed by atoms with Crippen LogP contribution in [0, 0.1) is 5.92 Å². The molecule has 25 heavy (non-hydrogen) atoms. The maximum atomic E-state index is 12.9. The van der Waals surface area contributed by atoms with Crippen LogP contribution in [0.1, 0.15) is 11.6 Å². The Labute approximate surface area is 149 Å². The zero-order chi connectivity index (χ0) is 17.9. The summed E-state index contributed by atoms with van der Waals surface area (Å²) in [6.07, 6.45) is 1.26. The molecule has 0 spiro atoms. The molecule has 2 atom stereocenters. The highest BCUT2D eigenvalue weighted by Crippen LogP contribution is 2.26. The molecule has 2 fully saturated rings. The second kappa shape index (κ2) is 7.82. The van der Waals surface area contributed by atoms with Crippen LogP contribution in [0.15, 0.2) is 30.3 Å². The van der Waals surface area contributed by atoms with Gasteiger partial charge in [-0.1, -0.05) is 30.3 Å². The first-order chi connectivity index (χ1) is 11.9. The van der Waals surface area contributed by atoms with Gasteiger partial charge in [-0.05, 0) is 5.56 Å². The number of sulfone groups is 1. The molecule has 2 aliphatic rings. The van der Waals surface area contributed by atoms with Crippen molar-refractivity contribution >= 4 is 15.7 Å². The molecule has 1 amide bonds. The number of hydrogen-bond acceptors (Lipinski definition) is 6. The van der Waals surface area contributed by atoms with Gasteiger partial charge in [-0.25, -0.2) is 13.8 Å². The van der Waals surface area contributed by atoms with Crippen LogP contribution in [0.5, 0.6) is 0 Å². The molecule has 1 aromatic carbocycles. The van der Waals surface area contributed by atoms with E-state index >= 15 is 0 Å². The van der Waals surface area contributed by atoms with Crippen molar-refractivity contribution in [2.75, 3.05) is 51.3 Å². The number of hydrazine groups is 1. The molecule has 0 saturated carbocycles. The highest BCUT2D eigenvalue weighted by Gasteiger charge is 2.37. The van der Waals surface area contributed by atoms with E-state index in [1.54, 1.807) is 0 Å². The summed E-state index contributed by atoms with van der Waals surface area (Å²) in [4.78, 5) is 17.0. The third-order valence-corrected chi connectivity index (χ3v) is 5.84. The molecule has 2 unspecified atom stereocenters. The van der Waals surface area contributed by atoms with Gasteiger partial charge in [-0.15, -0.1) is 0 Å². The standard InChI is InChI=1S/C17H26N4O3S/c1-25(23,24)12-11-20-7-9-21(10-8-20)17(22)15-13-18-19-16(15)14-5-3-2-4-6-14/h2-6,15-16,18-19H,7-13H2,1H3. The number of nitrogens with zero attached hydrogens (tertiary/aromatic N) is 2. The Morgan fingerprint density at radius 1 is 1.16 bits per heavy atom. The zero-order valence-corrected chi connectivity index (χ0v) is 15.3. The van der Waals surface area contributed by atoms with Crippen molar-refractivity contribution in [3.05, 3.63) is 35.9 Å². The van der Waals surface area contributed by atoms with Crippen molar-refractivity contribution in [1.29, 1.82) is 0 Å². The first-order valence-corrected chi connectivity index (χ1v) is 10.7. The summed E-state index contributed by atoms with van der Waals surface area (Å²) in [7, 11) is -2.94. The second-order valence-electron chi connectivity index (χ2n) is 6.82. The predicted octanol–water partition coefficient (Wildman–Crippen LogP) is -0.359. The van der Waals surface area contributed by atoms with Gasteiger partial charge < -0.3 is 4.90 Å². The lowest BCUT2D eigenvalue weighted by Crippen LogP contribution is -2.51. The third-order valence-electron chi connectivity index (χ3n) is 4.92. The maximum Gasteiger partial charge on any atom is 0.229 e. The highest BCUT2D eigenvalue weighted by atomic mass is 32.2. The quantitative estimate of drug-likeness (QED) is 0.741. The molecular weight excluding hydrogens is 340 g/mol. The lowest BCUT2D eigenvalue weighted by molar-refractivity contribution is -0.137. The van der Waals surface area contributed by atoms with Crippen LogP contribution in [0.25, 0.3) is 0 Å². The third kappa shape index (κ3) is 4.78. The van der Waals surface area contributed by atoms with Gasteiger partial charge in [-0.2, -0.15) is 0 Å². The van der Waals surface area contributed by atoms with E-state index in [4.69, 9.17) is 0 Å². The molecule has 2 aliphatic heterocycles. The average Bonchev–Trinajstić information content (AvgIpc) is 3.10. The molecule has 2 heterocycles. The smallest absolute Gasteiger partial charge is 0.229 e. The number of piperazine rings is 1. The minimum absolute atomic E-state index is 0.0167. The van der Waals surface area contributed by atoms with Crippen LogP contribution in [0.3, 0.4) is 0 Å². The van der Waals surface area contributed by atoms with Crippen molar-refractivity contribution in [3.8, 4) is 0 Å². The number of hydrogen-bond donors (Lipinski definition) is 2. The average molecular weight is 366 g/mol. The van der Waals surface area contributed by atoms with E-state index in [9.17, 15) is 13.2 Å². The minimum Gasteiger partial charge on any atom is -0.340 e. The predicted molar refractivity (Wildman–Crippen MR) is 96.5 cm³/mol. The Morgan fingerprint density at radius 2 is 1.84 bits per heavy atom. The van der Waals surface area contributed by atoms with Crippen LogP contribution in [0.2, 0.25) is 0 Å². The topological polar surface area (TPSA) is 81.8 Å². The largest absolute Gasteiger partial charge is 0.340 e. The van der Waals surface area contributed by atoms with Crippen LogP contribution in [-0.4, -0.2) is 75.4 Å². The van der Waals surface area contributed by atoms with Gasteiger partial charge >= 0.3 is 0 Å². The van der Waals surface area contributed by atoms with E-state index in [2.05, 4.69) is 15.8 Å². The molecule has 7 nitrogen and oxygen atoms in total. The number of benzene rings is 1. The fraction of sp³-hybridized carbons (Fsp3) is 0.588. The normalized spacial score (nSPS) is 25.2. The van der Waals surface area contributed by atoms with E-state index in [-0.39, 0.29) is 23.6 Å². The fourth-order valence-corrected chi connectivity index (χ4v) is 4.01. The molecule has 0 aliphatic carbocycles. The SMILES string of the molecule is CS(=O)(=O)CCN1CCN(C(=O)C2CNNC2c2ccccc2)CC1. The second-order valence-corrected chi connectivity index (χ2v) is 9.08. The van der Waals surface area contributed by atoms with E-state index in [1.165, 1.54) is 6.26 Å². The summed E-state index contributed by atoms with van der Waals surface area (Å²) >= 11 is 0. The summed E-state index contributed by atoms with van der Waals surface area (Å²) in [5, 5.41) is 0. The van der Waals surface area contributed by atoms with E-state index in [1.807, 2.05) is 35.2 Å². The van der Waals surface area contributed by atoms with Gasteiger partial charge in [0, 0.05) is 45.5 Å². The molecule has 3 rings (SSSR count). The zero-order valence-electron chi connectivity index (χ0n) is 14.5. The Morgan fingerprint density at radius 3 is 2.48 bits per heavy atom. The van der Waals surface area contributed by atoms with Crippen LogP contribution in [0.4, 0.5) is 0 Å². The summed E-state index contributed by atoms with van der Waals surface area (Å²) in [5.41, 5.74) is 7.43. The van der Waals surface area contributed by atoms with Gasteiger partial charge in [0.1, 0.15) is 9.84 Å². The molecule has 0 bridgehead atoms. The van der Waals surface area contributed by atoms with Crippen LogP contribution >= 0.6 is 0 Å². The number of amides is 1. The van der Waals surface area contributed by atoms with E-state index in [0.717, 1.165) is 18.7 Å². The van der Waals surface area contributed by atoms with Gasteiger partial charge in [0.05, 0.1) is 17.7 Å². The molecule has 8 heteroatoms. The summed E-state index contributed by atoms with van der Waals surface area (Å²) in [5.74, 6) is 0.215. The van der Waals surface area contributed by atoms with E-state index < -0.39 is 9.84 Å². The number of nitrogens with one attached hydrogen (secondary N) is 2. The Hall–Kier alpha value is -1.48. The number of carbonyl (C=O) groups excluding carboxylic acids is 1. The minimum atomic E-state index is -2.94. The first-order valence-electron chi connectivity index (χ1n) is 8.66. The monoisotopic (exact) mass is 366 g/mol. The summed E-state index contributed by atoms with van der Waals surface area (Å²) < 4.78 is 22.6. The highest BCUT2D eigenvalue weighted by molar-refractivity contribution is 7.90. The molecule has 138 valence electrons. The molecule has 2 saturated heterocycles. The molecule has 2 N–H and O–H groups in total. The van der Waals surface area contributed by atoms with Crippen molar-refractivity contribution in [1.82, 2.24) is 20.7 Å². The van der Waals surface area contributed by atoms with Gasteiger partial charge in [0.25, 0.3) is 0 Å². The Bertz CT molecular complexity index is 687. The molecule has 1 aromatic rings. The lowest BCUT2D eigenvalue weighted by atomic mass is 9.93. The van der Waals surface area contributed by atoms with Crippen molar-refractivity contribution < 1.29 is 13.2 Å². The van der Waals surface area contributed by atoms with Crippen molar-refractivity contribution in [2.45, 2.75) is 6.04 Å². The van der Waals surface area contributed by atoms with Crippen LogP contribution < -0.4 is 10.9 Å². The van der Waals surface area contributed by atoms with Crippen LogP contribution in [-0.2, 0) is 14.6 Å². The first kappa shape index (κ1) is 18.3. The van der Waals surface area contributed by atoms with Gasteiger partial charge in [0.15, 0.2) is 0 Å². The van der Waals surface area contributed by atoms with E-state index in [0.29, 0.717) is 26.2 Å².